The lowest BCUT2D eigenvalue weighted by molar-refractivity contribution is -0.0372. The van der Waals surface area contributed by atoms with Crippen molar-refractivity contribution in [3.63, 3.8) is 0 Å². The van der Waals surface area contributed by atoms with Gasteiger partial charge in [-0.2, -0.15) is 0 Å². The van der Waals surface area contributed by atoms with Gasteiger partial charge in [0.05, 0.1) is 12.2 Å². The van der Waals surface area contributed by atoms with Crippen LogP contribution in [-0.2, 0) is 0 Å². The van der Waals surface area contributed by atoms with Crippen LogP contribution in [0.3, 0.4) is 0 Å². The fourth-order valence-electron chi connectivity index (χ4n) is 2.05. The number of nitrogens with one attached hydrogen (secondary N) is 1. The summed E-state index contributed by atoms with van der Waals surface area (Å²) in [6.07, 6.45) is 1.42. The van der Waals surface area contributed by atoms with Crippen LogP contribution in [0.15, 0.2) is 0 Å². The molecular weight excluding hydrogens is 154 g/mol. The summed E-state index contributed by atoms with van der Waals surface area (Å²) in [4.78, 5) is 0. The standard InChI is InChI=1S/C9H19NO2/c1-3-6-4-8(11)9(12)5-7(6)10-2/h6-12H,3-5H2,1-2H3/t6-,7+,8?,9?/m0/s1. The Morgan fingerprint density at radius 1 is 1.25 bits per heavy atom. The van der Waals surface area contributed by atoms with E-state index in [2.05, 4.69) is 12.2 Å². The number of hydrogen-bond donors (Lipinski definition) is 3. The van der Waals surface area contributed by atoms with E-state index in [4.69, 9.17) is 0 Å². The highest BCUT2D eigenvalue weighted by Gasteiger charge is 2.33. The van der Waals surface area contributed by atoms with Gasteiger partial charge in [-0.3, -0.25) is 0 Å². The highest BCUT2D eigenvalue weighted by Crippen LogP contribution is 2.27. The average Bonchev–Trinajstić information content (AvgIpc) is 2.09. The van der Waals surface area contributed by atoms with Gasteiger partial charge >= 0.3 is 0 Å². The van der Waals surface area contributed by atoms with Gasteiger partial charge in [-0.05, 0) is 25.8 Å². The van der Waals surface area contributed by atoms with E-state index < -0.39 is 12.2 Å². The van der Waals surface area contributed by atoms with Gasteiger partial charge in [-0.1, -0.05) is 13.3 Å². The quantitative estimate of drug-likeness (QED) is 0.556. The molecule has 1 saturated carbocycles. The maximum Gasteiger partial charge on any atom is 0.0814 e. The van der Waals surface area contributed by atoms with E-state index >= 15 is 0 Å². The molecule has 12 heavy (non-hydrogen) atoms. The van der Waals surface area contributed by atoms with Gasteiger partial charge in [0.25, 0.3) is 0 Å². The molecular formula is C9H19NO2. The molecule has 0 aromatic rings. The van der Waals surface area contributed by atoms with Crippen molar-refractivity contribution < 1.29 is 10.2 Å². The van der Waals surface area contributed by atoms with Gasteiger partial charge in [-0.15, -0.1) is 0 Å². The summed E-state index contributed by atoms with van der Waals surface area (Å²) in [6, 6.07) is 0.369. The van der Waals surface area contributed by atoms with Crippen LogP contribution in [0.5, 0.6) is 0 Å². The van der Waals surface area contributed by atoms with E-state index in [0.717, 1.165) is 12.8 Å². The predicted molar refractivity (Wildman–Crippen MR) is 47.9 cm³/mol. The molecule has 0 aromatic carbocycles. The molecule has 0 aromatic heterocycles. The summed E-state index contributed by atoms with van der Waals surface area (Å²) < 4.78 is 0. The molecule has 3 nitrogen and oxygen atoms in total. The Hall–Kier alpha value is -0.120. The molecule has 3 heteroatoms. The van der Waals surface area contributed by atoms with Crippen LogP contribution in [0.4, 0.5) is 0 Å². The minimum Gasteiger partial charge on any atom is -0.390 e. The second-order valence-corrected chi connectivity index (χ2v) is 3.67. The van der Waals surface area contributed by atoms with Crippen molar-refractivity contribution in [1.82, 2.24) is 5.32 Å². The molecule has 1 fully saturated rings. The van der Waals surface area contributed by atoms with Crippen LogP contribution in [0.2, 0.25) is 0 Å². The van der Waals surface area contributed by atoms with Gasteiger partial charge in [0.1, 0.15) is 0 Å². The molecule has 4 atom stereocenters. The summed E-state index contributed by atoms with van der Waals surface area (Å²) in [5.74, 6) is 0.508. The van der Waals surface area contributed by atoms with Crippen LogP contribution < -0.4 is 5.32 Å². The summed E-state index contributed by atoms with van der Waals surface area (Å²) in [5.41, 5.74) is 0. The number of rotatable bonds is 2. The van der Waals surface area contributed by atoms with Crippen molar-refractivity contribution in [2.24, 2.45) is 5.92 Å². The minimum absolute atomic E-state index is 0.369. The third-order valence-corrected chi connectivity index (χ3v) is 2.95. The first-order chi connectivity index (χ1) is 5.69. The number of aliphatic hydroxyl groups is 2. The van der Waals surface area contributed by atoms with Gasteiger partial charge in [0.2, 0.25) is 0 Å². The van der Waals surface area contributed by atoms with Gasteiger partial charge < -0.3 is 15.5 Å². The molecule has 1 rings (SSSR count). The van der Waals surface area contributed by atoms with Crippen LogP contribution in [0.25, 0.3) is 0 Å². The Morgan fingerprint density at radius 2 is 1.83 bits per heavy atom. The fourth-order valence-corrected chi connectivity index (χ4v) is 2.05. The maximum atomic E-state index is 9.41. The van der Waals surface area contributed by atoms with E-state index in [9.17, 15) is 10.2 Å². The van der Waals surface area contributed by atoms with Crippen LogP contribution >= 0.6 is 0 Å². The smallest absolute Gasteiger partial charge is 0.0814 e. The second kappa shape index (κ2) is 4.21. The average molecular weight is 173 g/mol. The van der Waals surface area contributed by atoms with Crippen LogP contribution in [0.1, 0.15) is 26.2 Å². The second-order valence-electron chi connectivity index (χ2n) is 3.67. The van der Waals surface area contributed by atoms with E-state index in [1.54, 1.807) is 0 Å². The van der Waals surface area contributed by atoms with Crippen LogP contribution in [0, 0.1) is 5.92 Å². The Balaban J connectivity index is 2.52. The first-order valence-corrected chi connectivity index (χ1v) is 4.72. The zero-order chi connectivity index (χ0) is 9.14. The number of aliphatic hydroxyl groups excluding tert-OH is 2. The van der Waals surface area contributed by atoms with E-state index in [0.29, 0.717) is 18.4 Å². The molecule has 0 bridgehead atoms. The van der Waals surface area contributed by atoms with E-state index in [1.807, 2.05) is 7.05 Å². The van der Waals surface area contributed by atoms with Crippen molar-refractivity contribution >= 4 is 0 Å². The van der Waals surface area contributed by atoms with Crippen molar-refractivity contribution in [2.45, 2.75) is 44.4 Å². The lowest BCUT2D eigenvalue weighted by Crippen LogP contribution is -2.47. The molecule has 0 spiro atoms. The Bertz CT molecular complexity index is 124. The Morgan fingerprint density at radius 3 is 2.33 bits per heavy atom. The molecule has 1 aliphatic carbocycles. The molecule has 1 aliphatic rings. The van der Waals surface area contributed by atoms with Crippen molar-refractivity contribution in [2.75, 3.05) is 7.05 Å². The normalized spacial score (nSPS) is 43.0. The highest BCUT2D eigenvalue weighted by atomic mass is 16.3. The Kier molecular flexibility index (Phi) is 3.50. The molecule has 0 aliphatic heterocycles. The van der Waals surface area contributed by atoms with Crippen molar-refractivity contribution in [3.05, 3.63) is 0 Å². The minimum atomic E-state index is -0.537. The third-order valence-electron chi connectivity index (χ3n) is 2.95. The molecule has 0 saturated heterocycles. The molecule has 0 radical (unpaired) electrons. The molecule has 0 amide bonds. The molecule has 72 valence electrons. The molecule has 3 N–H and O–H groups in total. The maximum absolute atomic E-state index is 9.41. The first-order valence-electron chi connectivity index (χ1n) is 4.72. The van der Waals surface area contributed by atoms with Crippen LogP contribution in [-0.4, -0.2) is 35.5 Å². The molecule has 0 heterocycles. The summed E-state index contributed by atoms with van der Waals surface area (Å²) in [7, 11) is 1.91. The molecule has 2 unspecified atom stereocenters. The van der Waals surface area contributed by atoms with Crippen molar-refractivity contribution in [1.29, 1.82) is 0 Å². The summed E-state index contributed by atoms with van der Waals surface area (Å²) in [5, 5.41) is 22.0. The topological polar surface area (TPSA) is 52.5 Å². The summed E-state index contributed by atoms with van der Waals surface area (Å²) >= 11 is 0. The van der Waals surface area contributed by atoms with E-state index in [-0.39, 0.29) is 0 Å². The van der Waals surface area contributed by atoms with E-state index in [1.165, 1.54) is 0 Å². The first kappa shape index (κ1) is 9.96. The Labute approximate surface area is 73.8 Å². The zero-order valence-corrected chi connectivity index (χ0v) is 7.83. The lowest BCUT2D eigenvalue weighted by Gasteiger charge is -2.36. The third kappa shape index (κ3) is 1.97. The predicted octanol–water partition coefficient (Wildman–Crippen LogP) is 0.116. The summed E-state index contributed by atoms with van der Waals surface area (Å²) in [6.45, 7) is 2.12. The largest absolute Gasteiger partial charge is 0.390 e. The van der Waals surface area contributed by atoms with Gasteiger partial charge in [-0.25, -0.2) is 0 Å². The highest BCUT2D eigenvalue weighted by molar-refractivity contribution is 4.88. The zero-order valence-electron chi connectivity index (χ0n) is 7.83. The number of hydrogen-bond acceptors (Lipinski definition) is 3. The van der Waals surface area contributed by atoms with Gasteiger partial charge in [0.15, 0.2) is 0 Å². The van der Waals surface area contributed by atoms with Crippen molar-refractivity contribution in [3.8, 4) is 0 Å². The lowest BCUT2D eigenvalue weighted by atomic mass is 9.80. The van der Waals surface area contributed by atoms with Gasteiger partial charge in [0, 0.05) is 6.04 Å². The monoisotopic (exact) mass is 173 g/mol. The fraction of sp³-hybridized carbons (Fsp3) is 1.00. The SMILES string of the molecule is CC[C@H]1CC(O)C(O)C[C@H]1NC.